The molecule has 0 fully saturated rings. The Bertz CT molecular complexity index is 473. The Labute approximate surface area is 79.8 Å². The van der Waals surface area contributed by atoms with Crippen molar-refractivity contribution >= 4 is 29.3 Å². The minimum atomic E-state index is -0.182. The first-order valence-corrected chi connectivity index (χ1v) is 4.49. The van der Waals surface area contributed by atoms with E-state index in [1.54, 1.807) is 0 Å². The largest absolute Gasteiger partial charge is 0.376 e. The maximum Gasteiger partial charge on any atom is 0.323 e. The summed E-state index contributed by atoms with van der Waals surface area (Å²) in [5.74, 6) is 0.570. The van der Waals surface area contributed by atoms with Crippen LogP contribution in [0.25, 0.3) is 11.0 Å². The molecule has 1 aromatic carbocycles. The van der Waals surface area contributed by atoms with Crippen LogP contribution in [-0.2, 0) is 0 Å². The van der Waals surface area contributed by atoms with Gasteiger partial charge < -0.3 is 15.3 Å². The number of H-pyrrole nitrogens is 2. The number of nitrogens with one attached hydrogen (secondary N) is 3. The predicted molar refractivity (Wildman–Crippen MR) is 56.4 cm³/mol. The average Bonchev–Trinajstić information content (AvgIpc) is 2.44. The Morgan fingerprint density at radius 3 is 2.85 bits per heavy atom. The molecule has 4 nitrogen and oxygen atoms in total. The molecule has 0 aliphatic heterocycles. The van der Waals surface area contributed by atoms with Gasteiger partial charge in [-0.2, -0.15) is 12.6 Å². The van der Waals surface area contributed by atoms with E-state index in [1.807, 2.05) is 18.2 Å². The van der Waals surface area contributed by atoms with E-state index in [9.17, 15) is 4.79 Å². The summed E-state index contributed by atoms with van der Waals surface area (Å²) in [6.45, 7) is 0. The smallest absolute Gasteiger partial charge is 0.323 e. The summed E-state index contributed by atoms with van der Waals surface area (Å²) in [4.78, 5) is 16.3. The maximum absolute atomic E-state index is 10.9. The molecule has 2 rings (SSSR count). The van der Waals surface area contributed by atoms with Gasteiger partial charge in [0.05, 0.1) is 16.9 Å². The molecule has 0 spiro atoms. The Morgan fingerprint density at radius 2 is 2.08 bits per heavy atom. The van der Waals surface area contributed by atoms with Gasteiger partial charge in [-0.15, -0.1) is 0 Å². The molecule has 3 N–H and O–H groups in total. The lowest BCUT2D eigenvalue weighted by Gasteiger charge is -2.00. The van der Waals surface area contributed by atoms with Gasteiger partial charge in [0.15, 0.2) is 0 Å². The molecule has 0 aliphatic rings. The van der Waals surface area contributed by atoms with Crippen LogP contribution in [0.5, 0.6) is 0 Å². The first-order valence-electron chi connectivity index (χ1n) is 3.86. The standard InChI is InChI=1S/C8H9N3OS/c12-8-10-6-2-1-5(9-4-13)3-7(6)11-8/h1-3,9,13H,4H2,(H2,10,11,12). The van der Waals surface area contributed by atoms with Gasteiger partial charge in [-0.1, -0.05) is 0 Å². The second kappa shape index (κ2) is 3.18. The van der Waals surface area contributed by atoms with E-state index in [0.717, 1.165) is 16.7 Å². The van der Waals surface area contributed by atoms with Crippen LogP contribution in [-0.4, -0.2) is 15.8 Å². The third kappa shape index (κ3) is 1.55. The quantitative estimate of drug-likeness (QED) is 0.429. The highest BCUT2D eigenvalue weighted by atomic mass is 32.1. The van der Waals surface area contributed by atoms with Crippen LogP contribution in [0.15, 0.2) is 23.0 Å². The molecule has 5 heteroatoms. The van der Waals surface area contributed by atoms with Crippen molar-refractivity contribution in [1.29, 1.82) is 0 Å². The van der Waals surface area contributed by atoms with E-state index in [0.29, 0.717) is 5.88 Å². The monoisotopic (exact) mass is 195 g/mol. The van der Waals surface area contributed by atoms with Crippen molar-refractivity contribution in [2.75, 3.05) is 11.2 Å². The third-order valence-corrected chi connectivity index (χ3v) is 1.96. The SMILES string of the molecule is O=c1[nH]c2ccc(NCS)cc2[nH]1. The zero-order chi connectivity index (χ0) is 9.26. The number of rotatable bonds is 2. The van der Waals surface area contributed by atoms with Crippen molar-refractivity contribution in [3.63, 3.8) is 0 Å². The van der Waals surface area contributed by atoms with Crippen LogP contribution < -0.4 is 11.0 Å². The van der Waals surface area contributed by atoms with Crippen molar-refractivity contribution in [1.82, 2.24) is 9.97 Å². The van der Waals surface area contributed by atoms with Gasteiger partial charge in [-0.3, -0.25) is 0 Å². The number of imidazole rings is 1. The molecular formula is C8H9N3OS. The van der Waals surface area contributed by atoms with Gasteiger partial charge in [0.25, 0.3) is 0 Å². The Balaban J connectivity index is 2.54. The summed E-state index contributed by atoms with van der Waals surface area (Å²) >= 11 is 4.04. The van der Waals surface area contributed by atoms with Crippen molar-refractivity contribution in [2.45, 2.75) is 0 Å². The van der Waals surface area contributed by atoms with Crippen LogP contribution in [0.2, 0.25) is 0 Å². The minimum absolute atomic E-state index is 0.182. The summed E-state index contributed by atoms with van der Waals surface area (Å²) in [7, 11) is 0. The minimum Gasteiger partial charge on any atom is -0.376 e. The lowest BCUT2D eigenvalue weighted by atomic mass is 10.3. The number of hydrogen-bond donors (Lipinski definition) is 4. The molecule has 1 aromatic heterocycles. The van der Waals surface area contributed by atoms with E-state index in [-0.39, 0.29) is 5.69 Å². The van der Waals surface area contributed by atoms with E-state index in [1.165, 1.54) is 0 Å². The summed E-state index contributed by atoms with van der Waals surface area (Å²) in [6, 6.07) is 5.60. The van der Waals surface area contributed by atoms with Gasteiger partial charge in [0.1, 0.15) is 0 Å². The molecule has 0 saturated carbocycles. The van der Waals surface area contributed by atoms with E-state index >= 15 is 0 Å². The van der Waals surface area contributed by atoms with Gasteiger partial charge in [-0.05, 0) is 18.2 Å². The van der Waals surface area contributed by atoms with Crippen LogP contribution >= 0.6 is 12.6 Å². The number of thiol groups is 1. The molecule has 2 aromatic rings. The summed E-state index contributed by atoms with van der Waals surface area (Å²) in [6.07, 6.45) is 0. The van der Waals surface area contributed by atoms with Gasteiger partial charge in [0.2, 0.25) is 0 Å². The molecule has 0 aliphatic carbocycles. The highest BCUT2D eigenvalue weighted by Crippen LogP contribution is 2.13. The normalized spacial score (nSPS) is 10.5. The lowest BCUT2D eigenvalue weighted by molar-refractivity contribution is 1.21. The van der Waals surface area contributed by atoms with E-state index in [4.69, 9.17) is 0 Å². The predicted octanol–water partition coefficient (Wildman–Crippen LogP) is 1.16. The molecular weight excluding hydrogens is 186 g/mol. The lowest BCUT2D eigenvalue weighted by Crippen LogP contribution is -1.99. The van der Waals surface area contributed by atoms with Crippen molar-refractivity contribution in [2.24, 2.45) is 0 Å². The summed E-state index contributed by atoms with van der Waals surface area (Å²) in [5, 5.41) is 3.04. The highest BCUT2D eigenvalue weighted by molar-refractivity contribution is 7.80. The summed E-state index contributed by atoms with van der Waals surface area (Å²) < 4.78 is 0. The fourth-order valence-electron chi connectivity index (χ4n) is 1.23. The zero-order valence-corrected chi connectivity index (χ0v) is 7.69. The fraction of sp³-hybridized carbons (Fsp3) is 0.125. The van der Waals surface area contributed by atoms with Crippen LogP contribution in [0.4, 0.5) is 5.69 Å². The molecule has 13 heavy (non-hydrogen) atoms. The molecule has 68 valence electrons. The van der Waals surface area contributed by atoms with Gasteiger partial charge >= 0.3 is 5.69 Å². The van der Waals surface area contributed by atoms with E-state index in [2.05, 4.69) is 27.9 Å². The molecule has 0 amide bonds. The van der Waals surface area contributed by atoms with Crippen molar-refractivity contribution < 1.29 is 0 Å². The number of hydrogen-bond acceptors (Lipinski definition) is 3. The maximum atomic E-state index is 10.9. The van der Waals surface area contributed by atoms with Crippen LogP contribution in [0, 0.1) is 0 Å². The topological polar surface area (TPSA) is 60.7 Å². The molecule has 0 bridgehead atoms. The zero-order valence-electron chi connectivity index (χ0n) is 6.79. The molecule has 0 radical (unpaired) electrons. The second-order valence-corrected chi connectivity index (χ2v) is 2.99. The van der Waals surface area contributed by atoms with Gasteiger partial charge in [-0.25, -0.2) is 4.79 Å². The number of anilines is 1. The van der Waals surface area contributed by atoms with Gasteiger partial charge in [0, 0.05) is 5.69 Å². The first-order chi connectivity index (χ1) is 6.29. The van der Waals surface area contributed by atoms with Crippen LogP contribution in [0.3, 0.4) is 0 Å². The second-order valence-electron chi connectivity index (χ2n) is 2.67. The third-order valence-electron chi connectivity index (χ3n) is 1.80. The van der Waals surface area contributed by atoms with Crippen LogP contribution in [0.1, 0.15) is 0 Å². The molecule has 0 unspecified atom stereocenters. The Hall–Kier alpha value is -1.36. The van der Waals surface area contributed by atoms with E-state index < -0.39 is 0 Å². The van der Waals surface area contributed by atoms with Crippen molar-refractivity contribution in [3.8, 4) is 0 Å². The number of fused-ring (bicyclic) bond motifs is 1. The highest BCUT2D eigenvalue weighted by Gasteiger charge is 1.97. The number of aromatic nitrogens is 2. The molecule has 0 saturated heterocycles. The summed E-state index contributed by atoms with van der Waals surface area (Å²) in [5.41, 5.74) is 2.38. The number of benzene rings is 1. The van der Waals surface area contributed by atoms with Crippen molar-refractivity contribution in [3.05, 3.63) is 28.7 Å². The first kappa shape index (κ1) is 8.25. The number of aromatic amines is 2. The Kier molecular flexibility index (Phi) is 2.02. The average molecular weight is 195 g/mol. The molecule has 1 heterocycles. The fourth-order valence-corrected chi connectivity index (χ4v) is 1.42. The molecule has 0 atom stereocenters. The Morgan fingerprint density at radius 1 is 1.31 bits per heavy atom.